The summed E-state index contributed by atoms with van der Waals surface area (Å²) in [7, 11) is 3.87. The number of aliphatic hydroxyl groups is 1. The van der Waals surface area contributed by atoms with Gasteiger partial charge in [0.15, 0.2) is 17.7 Å². The number of nitrogens with one attached hydrogen (secondary N) is 2. The Bertz CT molecular complexity index is 1250. The Kier molecular flexibility index (Phi) is 12.4. The van der Waals surface area contributed by atoms with Crippen molar-refractivity contribution in [1.82, 2.24) is 20.4 Å². The van der Waals surface area contributed by atoms with Gasteiger partial charge < -0.3 is 44.3 Å². The van der Waals surface area contributed by atoms with Gasteiger partial charge in [-0.3, -0.25) is 14.5 Å². The maximum atomic E-state index is 14.4. The summed E-state index contributed by atoms with van der Waals surface area (Å²) < 4.78 is 32.2. The van der Waals surface area contributed by atoms with Gasteiger partial charge in [-0.05, 0) is 86.4 Å². The lowest BCUT2D eigenvalue weighted by Gasteiger charge is -2.47. The zero-order chi connectivity index (χ0) is 36.5. The Morgan fingerprint density at radius 3 is 2.50 bits per heavy atom. The number of hydrogen-bond donors (Lipinski definition) is 3. The van der Waals surface area contributed by atoms with Crippen molar-refractivity contribution in [3.63, 3.8) is 0 Å². The standard InChI is InChI=1S/C37H62N4O9/c1-10-28-37(7)31-24(5)38-19-21(2)18-36(6,46-16-12-11-15-41(31)35(45)50-37)32(22(3)29(42)23(4)33(44)48-28)49-34-30(43)27(40(8)9)17-26(47-34)20-39-25-13-14-25/h11-12,21-28,30-32,34,38-39,43H,10,13-20H2,1-9H3/b12-11-/t21-,22+,23-,24-,26?,27?,28-,30?,31-,32-,34?,36-,37-/m1/s1. The number of ether oxygens (including phenoxy) is 5. The molecule has 5 rings (SSSR count). The first kappa shape index (κ1) is 39.1. The van der Waals surface area contributed by atoms with Crippen LogP contribution in [0.1, 0.15) is 80.6 Å². The third kappa shape index (κ3) is 8.24. The molecule has 1 amide bonds. The van der Waals surface area contributed by atoms with E-state index in [2.05, 4.69) is 17.6 Å². The van der Waals surface area contributed by atoms with Gasteiger partial charge in [0.2, 0.25) is 0 Å². The number of likely N-dealkylation sites (N-methyl/N-ethyl adjacent to an activating group) is 1. The first-order valence-electron chi connectivity index (χ1n) is 18.7. The van der Waals surface area contributed by atoms with Crippen molar-refractivity contribution >= 4 is 17.8 Å². The molecule has 0 aromatic heterocycles. The molecule has 3 N–H and O–H groups in total. The van der Waals surface area contributed by atoms with E-state index < -0.39 is 65.7 Å². The summed E-state index contributed by atoms with van der Waals surface area (Å²) in [6.45, 7) is 14.8. The Balaban J connectivity index is 1.55. The van der Waals surface area contributed by atoms with E-state index in [1.54, 1.807) is 18.7 Å². The van der Waals surface area contributed by atoms with Crippen molar-refractivity contribution in [2.24, 2.45) is 17.8 Å². The smallest absolute Gasteiger partial charge is 0.411 e. The lowest BCUT2D eigenvalue weighted by molar-refractivity contribution is -0.298. The predicted molar refractivity (Wildman–Crippen MR) is 186 cm³/mol. The molecule has 50 heavy (non-hydrogen) atoms. The molecule has 4 fully saturated rings. The number of carbonyl (C=O) groups excluding carboxylic acids is 3. The summed E-state index contributed by atoms with van der Waals surface area (Å²) in [6.07, 6.45) is 3.12. The van der Waals surface area contributed by atoms with E-state index in [0.717, 1.165) is 12.8 Å². The number of rotatable bonds is 7. The number of nitrogens with zero attached hydrogens (tertiary/aromatic N) is 2. The van der Waals surface area contributed by atoms with Crippen molar-refractivity contribution in [2.45, 2.75) is 147 Å². The fourth-order valence-electron chi connectivity index (χ4n) is 8.66. The van der Waals surface area contributed by atoms with E-state index in [9.17, 15) is 19.5 Å². The predicted octanol–water partition coefficient (Wildman–Crippen LogP) is 2.64. The van der Waals surface area contributed by atoms with Crippen molar-refractivity contribution in [3.8, 4) is 0 Å². The summed E-state index contributed by atoms with van der Waals surface area (Å²) in [4.78, 5) is 45.3. The zero-order valence-corrected chi connectivity index (χ0v) is 31.6. The molecular weight excluding hydrogens is 644 g/mol. The van der Waals surface area contributed by atoms with E-state index in [4.69, 9.17) is 23.7 Å². The molecule has 5 aliphatic rings. The van der Waals surface area contributed by atoms with Crippen molar-refractivity contribution in [2.75, 3.05) is 40.3 Å². The normalized spacial score (nSPS) is 44.3. The maximum absolute atomic E-state index is 14.4. The minimum Gasteiger partial charge on any atom is -0.458 e. The summed E-state index contributed by atoms with van der Waals surface area (Å²) in [5.41, 5.74) is -2.22. The van der Waals surface area contributed by atoms with Gasteiger partial charge in [-0.2, -0.15) is 0 Å². The number of fused-ring (bicyclic) bond motifs is 5. The van der Waals surface area contributed by atoms with Gasteiger partial charge in [0, 0.05) is 37.1 Å². The zero-order valence-electron chi connectivity index (χ0n) is 31.6. The number of hydrogen-bond acceptors (Lipinski definition) is 12. The summed E-state index contributed by atoms with van der Waals surface area (Å²) in [5, 5.41) is 18.9. The highest BCUT2D eigenvalue weighted by Gasteiger charge is 2.58. The second kappa shape index (κ2) is 15.9. The van der Waals surface area contributed by atoms with Gasteiger partial charge >= 0.3 is 12.1 Å². The van der Waals surface area contributed by atoms with E-state index in [0.29, 0.717) is 38.4 Å². The number of aliphatic hydroxyl groups excluding tert-OH is 1. The highest BCUT2D eigenvalue weighted by Crippen LogP contribution is 2.40. The first-order chi connectivity index (χ1) is 23.6. The molecule has 0 radical (unpaired) electrons. The Labute approximate surface area is 298 Å². The van der Waals surface area contributed by atoms with Crippen LogP contribution >= 0.6 is 0 Å². The highest BCUT2D eigenvalue weighted by atomic mass is 16.7. The second-order valence-electron chi connectivity index (χ2n) is 16.1. The van der Waals surface area contributed by atoms with E-state index >= 15 is 0 Å². The Morgan fingerprint density at radius 2 is 1.84 bits per heavy atom. The van der Waals surface area contributed by atoms with Crippen LogP contribution in [0.25, 0.3) is 0 Å². The molecule has 1 aliphatic carbocycles. The molecule has 0 aromatic rings. The number of cyclic esters (lactones) is 1. The monoisotopic (exact) mass is 706 g/mol. The van der Waals surface area contributed by atoms with Crippen molar-refractivity contribution in [3.05, 3.63) is 12.2 Å². The Morgan fingerprint density at radius 1 is 1.12 bits per heavy atom. The molecular formula is C37H62N4O9. The molecule has 13 atom stereocenters. The average Bonchev–Trinajstić information content (AvgIpc) is 3.86. The molecule has 2 bridgehead atoms. The number of esters is 1. The molecule has 3 saturated heterocycles. The van der Waals surface area contributed by atoms with Crippen LogP contribution in [0.5, 0.6) is 0 Å². The highest BCUT2D eigenvalue weighted by molar-refractivity contribution is 6.00. The van der Waals surface area contributed by atoms with Crippen LogP contribution in [0.4, 0.5) is 4.79 Å². The molecule has 13 heteroatoms. The molecule has 4 unspecified atom stereocenters. The van der Waals surface area contributed by atoms with E-state index in [1.807, 2.05) is 58.8 Å². The molecule has 4 aliphatic heterocycles. The van der Waals surface area contributed by atoms with Gasteiger partial charge in [0.05, 0.1) is 30.5 Å². The lowest BCUT2D eigenvalue weighted by atomic mass is 9.78. The van der Waals surface area contributed by atoms with Gasteiger partial charge in [-0.15, -0.1) is 0 Å². The van der Waals surface area contributed by atoms with Crippen LogP contribution in [0.2, 0.25) is 0 Å². The molecule has 0 aromatic carbocycles. The van der Waals surface area contributed by atoms with Gasteiger partial charge in [0.25, 0.3) is 0 Å². The largest absolute Gasteiger partial charge is 0.458 e. The lowest BCUT2D eigenvalue weighted by Crippen LogP contribution is -2.60. The first-order valence-corrected chi connectivity index (χ1v) is 18.7. The van der Waals surface area contributed by atoms with Crippen molar-refractivity contribution in [1.29, 1.82) is 0 Å². The van der Waals surface area contributed by atoms with Crippen LogP contribution in [0.15, 0.2) is 12.2 Å². The number of Topliss-reactive ketones (excluding diaryl/α,β-unsaturated/α-hetero) is 1. The minimum atomic E-state index is -1.17. The van der Waals surface area contributed by atoms with E-state index in [1.165, 1.54) is 0 Å². The quantitative estimate of drug-likeness (QED) is 0.203. The summed E-state index contributed by atoms with van der Waals surface area (Å²) in [6, 6.07) is -0.432. The molecule has 13 nitrogen and oxygen atoms in total. The Hall–Kier alpha value is -2.13. The third-order valence-electron chi connectivity index (χ3n) is 11.7. The molecule has 0 spiro atoms. The molecule has 284 valence electrons. The topological polar surface area (TPSA) is 148 Å². The van der Waals surface area contributed by atoms with E-state index in [-0.39, 0.29) is 43.0 Å². The maximum Gasteiger partial charge on any atom is 0.411 e. The van der Waals surface area contributed by atoms with Gasteiger partial charge in [0.1, 0.15) is 18.1 Å². The number of carbonyl (C=O) groups is 3. The van der Waals surface area contributed by atoms with Crippen LogP contribution in [0.3, 0.4) is 0 Å². The minimum absolute atomic E-state index is 0.0305. The fourth-order valence-corrected chi connectivity index (χ4v) is 8.66. The average molecular weight is 707 g/mol. The van der Waals surface area contributed by atoms with Gasteiger partial charge in [-0.1, -0.05) is 32.9 Å². The van der Waals surface area contributed by atoms with Crippen LogP contribution in [-0.2, 0) is 33.3 Å². The second-order valence-corrected chi connectivity index (χ2v) is 16.1. The van der Waals surface area contributed by atoms with Crippen LogP contribution < -0.4 is 10.6 Å². The SMILES string of the molecule is CC[C@H]1OC(=O)[C@H](C)C(=O)[C@H](C)[C@@H](OC2OC(CNC3CC3)CC(N(C)C)C2O)[C@@]2(C)C[C@@H](C)CN[C@H](C)[C@H]3N(C/C=C\CO2)C(=O)O[C@]13C. The van der Waals surface area contributed by atoms with Gasteiger partial charge in [-0.25, -0.2) is 4.79 Å². The van der Waals surface area contributed by atoms with Crippen LogP contribution in [0, 0.1) is 17.8 Å². The van der Waals surface area contributed by atoms with Crippen LogP contribution in [-0.4, -0.2) is 139 Å². The summed E-state index contributed by atoms with van der Waals surface area (Å²) in [5.74, 6) is -3.01. The summed E-state index contributed by atoms with van der Waals surface area (Å²) >= 11 is 0. The number of ketones is 1. The molecule has 1 saturated carbocycles. The van der Waals surface area contributed by atoms with Crippen molar-refractivity contribution < 1.29 is 43.2 Å². The molecule has 4 heterocycles. The number of amides is 1. The fraction of sp³-hybridized carbons (Fsp3) is 0.865. The third-order valence-corrected chi connectivity index (χ3v) is 11.7.